The van der Waals surface area contributed by atoms with Crippen molar-refractivity contribution in [1.82, 2.24) is 5.48 Å². The highest BCUT2D eigenvalue weighted by Gasteiger charge is 2.01. The third-order valence-corrected chi connectivity index (χ3v) is 1.34. The molecule has 0 bridgehead atoms. The Bertz CT molecular complexity index is 267. The van der Waals surface area contributed by atoms with Gasteiger partial charge in [-0.25, -0.2) is 0 Å². The summed E-state index contributed by atoms with van der Waals surface area (Å²) in [4.78, 5) is -0.476. The van der Waals surface area contributed by atoms with Crippen LogP contribution in [0.3, 0.4) is 0 Å². The zero-order valence-electron chi connectivity index (χ0n) is 6.10. The Labute approximate surface area is 68.8 Å². The Hall–Kier alpha value is -1.75. The van der Waals surface area contributed by atoms with Crippen LogP contribution in [0.2, 0.25) is 0 Å². The normalized spacial score (nSPS) is 14.8. The maximum atomic E-state index is 10.2. The van der Waals surface area contributed by atoms with Crippen molar-refractivity contribution in [3.8, 4) is 0 Å². The van der Waals surface area contributed by atoms with Gasteiger partial charge in [0.25, 0.3) is 0 Å². The molecule has 0 amide bonds. The van der Waals surface area contributed by atoms with Gasteiger partial charge >= 0.3 is 0 Å². The van der Waals surface area contributed by atoms with E-state index in [0.29, 0.717) is 5.57 Å². The summed E-state index contributed by atoms with van der Waals surface area (Å²) in [5, 5.41) is 28.7. The van der Waals surface area contributed by atoms with Crippen LogP contribution in [-0.2, 0) is 0 Å². The molecule has 5 heteroatoms. The fourth-order valence-corrected chi connectivity index (χ4v) is 0.767. The topological polar surface area (TPSA) is 81.4 Å². The van der Waals surface area contributed by atoms with Gasteiger partial charge in [0, 0.05) is 18.4 Å². The predicted octanol–water partition coefficient (Wildman–Crippen LogP) is 0.424. The van der Waals surface area contributed by atoms with E-state index in [4.69, 9.17) is 5.21 Å². The zero-order chi connectivity index (χ0) is 8.97. The molecule has 5 nitrogen and oxygen atoms in total. The lowest BCUT2D eigenvalue weighted by Crippen LogP contribution is -2.07. The van der Waals surface area contributed by atoms with Crippen LogP contribution in [-0.4, -0.2) is 15.8 Å². The molecule has 0 unspecified atom stereocenters. The van der Waals surface area contributed by atoms with E-state index < -0.39 is 4.90 Å². The van der Waals surface area contributed by atoms with Crippen LogP contribution < -0.4 is 5.48 Å². The van der Waals surface area contributed by atoms with Crippen molar-refractivity contribution < 1.29 is 10.1 Å². The number of rotatable bonds is 1. The summed E-state index contributed by atoms with van der Waals surface area (Å²) < 4.78 is 0. The molecule has 64 valence electrons. The number of hydrogen-bond donors (Lipinski definition) is 2. The Morgan fingerprint density at radius 3 is 2.25 bits per heavy atom. The van der Waals surface area contributed by atoms with Crippen LogP contribution in [0, 0.1) is 10.4 Å². The van der Waals surface area contributed by atoms with Gasteiger partial charge in [0.1, 0.15) is 0 Å². The molecular weight excluding hydrogens is 160 g/mol. The summed E-state index contributed by atoms with van der Waals surface area (Å²) >= 11 is 0. The first-order chi connectivity index (χ1) is 5.74. The second kappa shape index (κ2) is 3.59. The van der Waals surface area contributed by atoms with E-state index in [1.54, 1.807) is 0 Å². The average molecular weight is 167 g/mol. The molecule has 1 rings (SSSR count). The highest BCUT2D eigenvalue weighted by atomic mass is 16.8. The summed E-state index contributed by atoms with van der Waals surface area (Å²) in [5.41, 5.74) is 2.54. The van der Waals surface area contributed by atoms with E-state index >= 15 is 0 Å². The highest BCUT2D eigenvalue weighted by molar-refractivity contribution is 6.02. The smallest absolute Gasteiger partial charge is 0.222 e. The van der Waals surface area contributed by atoms with Crippen molar-refractivity contribution in [1.29, 1.82) is 0 Å². The van der Waals surface area contributed by atoms with Gasteiger partial charge in [0.15, 0.2) is 0 Å². The van der Waals surface area contributed by atoms with Gasteiger partial charge in [-0.3, -0.25) is 10.7 Å². The lowest BCUT2D eigenvalue weighted by Gasteiger charge is -2.07. The molecule has 0 saturated carbocycles. The molecule has 0 spiro atoms. The Morgan fingerprint density at radius 1 is 1.25 bits per heavy atom. The van der Waals surface area contributed by atoms with Crippen LogP contribution in [0.25, 0.3) is 0 Å². The minimum atomic E-state index is -0.476. The molecule has 0 saturated heterocycles. The van der Waals surface area contributed by atoms with Gasteiger partial charge in [0.05, 0.1) is 0 Å². The van der Waals surface area contributed by atoms with Crippen molar-refractivity contribution in [2.24, 2.45) is 0 Å². The Balaban J connectivity index is 2.81. The third-order valence-electron chi connectivity index (χ3n) is 1.34. The summed E-state index contributed by atoms with van der Waals surface area (Å²) in [5.74, 6) is 0. The maximum Gasteiger partial charge on any atom is 0.222 e. The van der Waals surface area contributed by atoms with Gasteiger partial charge in [-0.15, -0.1) is 0 Å². The van der Waals surface area contributed by atoms with Crippen molar-refractivity contribution in [3.05, 3.63) is 46.5 Å². The number of hydrogen-bond acceptors (Lipinski definition) is 4. The largest absolute Gasteiger partial charge is 0.612 e. The lowest BCUT2D eigenvalue weighted by molar-refractivity contribution is -0.377. The van der Waals surface area contributed by atoms with Gasteiger partial charge in [-0.2, -0.15) is 4.90 Å². The van der Waals surface area contributed by atoms with E-state index in [2.05, 4.69) is 0 Å². The predicted molar refractivity (Wildman–Crippen MR) is 43.3 cm³/mol. The average Bonchev–Trinajstić information content (AvgIpc) is 2.06. The van der Waals surface area contributed by atoms with Gasteiger partial charge in [-0.1, -0.05) is 0 Å². The number of nitrogens with zero attached hydrogens (tertiary/aromatic N) is 1. The zero-order valence-corrected chi connectivity index (χ0v) is 6.10. The van der Waals surface area contributed by atoms with Crippen LogP contribution in [0.15, 0.2) is 36.1 Å². The van der Waals surface area contributed by atoms with Crippen LogP contribution in [0.1, 0.15) is 0 Å². The second-order valence-electron chi connectivity index (χ2n) is 2.12. The van der Waals surface area contributed by atoms with E-state index in [9.17, 15) is 10.4 Å². The molecule has 0 fully saturated rings. The van der Waals surface area contributed by atoms with E-state index in [1.165, 1.54) is 30.5 Å². The number of allylic oxidation sites excluding steroid dienone is 5. The quantitative estimate of drug-likeness (QED) is 0.438. The van der Waals surface area contributed by atoms with E-state index in [-0.39, 0.29) is 5.71 Å². The molecule has 0 aromatic carbocycles. The van der Waals surface area contributed by atoms with Gasteiger partial charge in [0.2, 0.25) is 5.71 Å². The van der Waals surface area contributed by atoms with Gasteiger partial charge in [-0.05, 0) is 17.7 Å². The van der Waals surface area contributed by atoms with Crippen molar-refractivity contribution in [2.75, 3.05) is 0 Å². The molecule has 0 aromatic heterocycles. The Kier molecular flexibility index (Phi) is 2.49. The molecular formula is C7H7N2O3-. The first-order valence-corrected chi connectivity index (χ1v) is 3.21. The lowest BCUT2D eigenvalue weighted by atomic mass is 10.1. The molecule has 0 atom stereocenters. The standard InChI is InChI=1S/C7H7N2O3/c10-8-5-6-1-3-7(4-2-6)9(11)12/h1-5,8,10H/q-1. The summed E-state index contributed by atoms with van der Waals surface area (Å²) in [6.45, 7) is 0. The maximum absolute atomic E-state index is 10.2. The van der Waals surface area contributed by atoms with Crippen molar-refractivity contribution in [3.63, 3.8) is 0 Å². The molecule has 12 heavy (non-hydrogen) atoms. The minimum absolute atomic E-state index is 0.0325. The van der Waals surface area contributed by atoms with Crippen molar-refractivity contribution in [2.45, 2.75) is 0 Å². The fraction of sp³-hybridized carbons (Fsp3) is 0. The van der Waals surface area contributed by atoms with Gasteiger partial charge < -0.3 is 10.4 Å². The number of hydroxylamine groups is 1. The summed E-state index contributed by atoms with van der Waals surface area (Å²) in [6.07, 6.45) is 7.11. The first-order valence-electron chi connectivity index (χ1n) is 3.21. The first kappa shape index (κ1) is 8.35. The molecule has 1 aliphatic carbocycles. The molecule has 0 aliphatic heterocycles. The van der Waals surface area contributed by atoms with E-state index in [0.717, 1.165) is 0 Å². The van der Waals surface area contributed by atoms with E-state index in [1.807, 2.05) is 5.48 Å². The second-order valence-corrected chi connectivity index (χ2v) is 2.12. The summed E-state index contributed by atoms with van der Waals surface area (Å²) in [7, 11) is 0. The SMILES string of the molecule is [O-][N+]([O-])=C1C=CC(=CNO)C=C1. The Morgan fingerprint density at radius 2 is 1.83 bits per heavy atom. The molecule has 0 radical (unpaired) electrons. The van der Waals surface area contributed by atoms with Crippen LogP contribution in [0.4, 0.5) is 0 Å². The minimum Gasteiger partial charge on any atom is -0.612 e. The summed E-state index contributed by atoms with van der Waals surface area (Å²) in [6, 6.07) is 0. The van der Waals surface area contributed by atoms with Crippen LogP contribution in [0.5, 0.6) is 0 Å². The molecule has 0 heterocycles. The third kappa shape index (κ3) is 1.86. The molecule has 0 aromatic rings. The van der Waals surface area contributed by atoms with Crippen LogP contribution >= 0.6 is 0 Å². The fourth-order valence-electron chi connectivity index (χ4n) is 0.767. The highest BCUT2D eigenvalue weighted by Crippen LogP contribution is 2.04. The monoisotopic (exact) mass is 167 g/mol. The number of nitrogens with one attached hydrogen (secondary N) is 1. The molecule has 1 aliphatic rings. The van der Waals surface area contributed by atoms with Crippen molar-refractivity contribution >= 4 is 5.71 Å². The molecule has 2 N–H and O–H groups in total.